The molecule has 0 aromatic heterocycles. The average molecular weight is 500 g/mol. The van der Waals surface area contributed by atoms with Crippen molar-refractivity contribution in [2.24, 2.45) is 5.92 Å². The van der Waals surface area contributed by atoms with Gasteiger partial charge in [-0.15, -0.1) is 0 Å². The van der Waals surface area contributed by atoms with Crippen LogP contribution in [0.25, 0.3) is 0 Å². The Balaban J connectivity index is 4.97. The number of unbranched alkanes of at least 4 members (excludes halogenated alkanes) is 12. The summed E-state index contributed by atoms with van der Waals surface area (Å²) in [4.78, 5) is 48.3. The predicted molar refractivity (Wildman–Crippen MR) is 131 cm³/mol. The summed E-state index contributed by atoms with van der Waals surface area (Å²) in [5.74, 6) is -0.867. The fourth-order valence-corrected chi connectivity index (χ4v) is 4.63. The van der Waals surface area contributed by atoms with Crippen molar-refractivity contribution in [3.8, 4) is 0 Å². The van der Waals surface area contributed by atoms with E-state index in [9.17, 15) is 19.2 Å². The van der Waals surface area contributed by atoms with E-state index in [1.54, 1.807) is 0 Å². The molecule has 0 fully saturated rings. The Bertz CT molecular complexity index is 506. The highest BCUT2D eigenvalue weighted by Gasteiger charge is 2.46. The Hall–Kier alpha value is -0.840. The Morgan fingerprint density at radius 1 is 0.742 bits per heavy atom. The topological polar surface area (TPSA) is 68.3 Å². The Morgan fingerprint density at radius 3 is 1.81 bits per heavy atom. The summed E-state index contributed by atoms with van der Waals surface area (Å²) in [7, 11) is 0. The first-order chi connectivity index (χ1) is 15.0. The number of Topliss-reactive ketones (excluding diaryl/α,β-unsaturated/α-hetero) is 2. The largest absolute Gasteiger partial charge is 0.299 e. The van der Waals surface area contributed by atoms with E-state index >= 15 is 0 Å². The highest BCUT2D eigenvalue weighted by Crippen LogP contribution is 2.35. The molecule has 0 rings (SSSR count). The second-order valence-corrected chi connectivity index (χ2v) is 9.93. The van der Waals surface area contributed by atoms with E-state index in [0.717, 1.165) is 89.9 Å². The molecule has 0 N–H and O–H groups in total. The van der Waals surface area contributed by atoms with Crippen LogP contribution in [0.1, 0.15) is 129 Å². The Morgan fingerprint density at radius 2 is 1.26 bits per heavy atom. The van der Waals surface area contributed by atoms with Crippen molar-refractivity contribution >= 4 is 40.1 Å². The van der Waals surface area contributed by atoms with Crippen LogP contribution in [0.5, 0.6) is 0 Å². The fourth-order valence-electron chi connectivity index (χ4n) is 3.95. The van der Waals surface area contributed by atoms with Gasteiger partial charge in [0.1, 0.15) is 5.78 Å². The van der Waals surface area contributed by atoms with Crippen molar-refractivity contribution in [1.29, 1.82) is 0 Å². The van der Waals surface area contributed by atoms with Crippen LogP contribution in [0.15, 0.2) is 0 Å². The van der Waals surface area contributed by atoms with Crippen molar-refractivity contribution in [2.75, 3.05) is 0 Å². The first-order valence-electron chi connectivity index (χ1n) is 12.5. The molecule has 2 atom stereocenters. The normalized spacial score (nSPS) is 14.0. The summed E-state index contributed by atoms with van der Waals surface area (Å²) in [6.45, 7) is 4.30. The maximum atomic E-state index is 13.1. The van der Waals surface area contributed by atoms with Crippen LogP contribution in [0.4, 0.5) is 0 Å². The number of halogens is 1. The Labute approximate surface area is 198 Å². The second-order valence-electron chi connectivity index (χ2n) is 8.68. The molecule has 0 spiro atoms. The van der Waals surface area contributed by atoms with Crippen LogP contribution in [0.2, 0.25) is 0 Å². The van der Waals surface area contributed by atoms with E-state index in [1.165, 1.54) is 0 Å². The van der Waals surface area contributed by atoms with Gasteiger partial charge >= 0.3 is 0 Å². The van der Waals surface area contributed by atoms with E-state index in [2.05, 4.69) is 29.8 Å². The molecular weight excluding hydrogens is 456 g/mol. The molecule has 0 saturated carbocycles. The van der Waals surface area contributed by atoms with E-state index in [-0.39, 0.29) is 11.6 Å². The van der Waals surface area contributed by atoms with Gasteiger partial charge in [-0.25, -0.2) is 0 Å². The van der Waals surface area contributed by atoms with Gasteiger partial charge in [0.2, 0.25) is 6.29 Å². The lowest BCUT2D eigenvalue weighted by Crippen LogP contribution is -2.45. The summed E-state index contributed by atoms with van der Waals surface area (Å²) in [6.07, 6.45) is 19.1. The van der Waals surface area contributed by atoms with E-state index in [4.69, 9.17) is 0 Å². The van der Waals surface area contributed by atoms with Gasteiger partial charge < -0.3 is 0 Å². The lowest BCUT2D eigenvalue weighted by molar-refractivity contribution is -0.129. The molecular formula is C26H43BrO4. The molecule has 2 unspecified atom stereocenters. The first-order valence-corrected chi connectivity index (χ1v) is 13.3. The third kappa shape index (κ3) is 13.3. The predicted octanol–water partition coefficient (Wildman–Crippen LogP) is 7.16. The second kappa shape index (κ2) is 19.8. The monoisotopic (exact) mass is 498 g/mol. The van der Waals surface area contributed by atoms with Crippen LogP contribution < -0.4 is 0 Å². The maximum Gasteiger partial charge on any atom is 0.225 e. The van der Waals surface area contributed by atoms with E-state index in [0.29, 0.717) is 25.7 Å². The minimum absolute atomic E-state index is 0.00252. The Kier molecular flexibility index (Phi) is 19.3. The molecule has 178 valence electrons. The van der Waals surface area contributed by atoms with Gasteiger partial charge in [0.05, 0.1) is 0 Å². The van der Waals surface area contributed by atoms with Crippen LogP contribution in [-0.4, -0.2) is 28.5 Å². The number of ketones is 2. The molecule has 0 amide bonds. The average Bonchev–Trinajstić information content (AvgIpc) is 2.77. The number of alkyl halides is 1. The van der Waals surface area contributed by atoms with E-state index in [1.807, 2.05) is 12.6 Å². The van der Waals surface area contributed by atoms with E-state index < -0.39 is 10.2 Å². The number of carbonyl (C=O) groups is 2. The third-order valence-corrected chi connectivity index (χ3v) is 7.14. The van der Waals surface area contributed by atoms with Gasteiger partial charge in [-0.1, -0.05) is 100 Å². The molecule has 0 aromatic rings. The van der Waals surface area contributed by atoms with Crippen LogP contribution in [0, 0.1) is 5.92 Å². The number of carbonyl (C=O) groups excluding carboxylic acids is 4. The highest BCUT2D eigenvalue weighted by molar-refractivity contribution is 9.10. The molecule has 31 heavy (non-hydrogen) atoms. The van der Waals surface area contributed by atoms with Gasteiger partial charge in [-0.2, -0.15) is 0 Å². The summed E-state index contributed by atoms with van der Waals surface area (Å²) < 4.78 is -1.52. The maximum absolute atomic E-state index is 13.1. The lowest BCUT2D eigenvalue weighted by atomic mass is 9.79. The summed E-state index contributed by atoms with van der Waals surface area (Å²) in [5, 5.41) is 0. The van der Waals surface area contributed by atoms with Crippen molar-refractivity contribution in [1.82, 2.24) is 0 Å². The van der Waals surface area contributed by atoms with Crippen molar-refractivity contribution in [2.45, 2.75) is 134 Å². The SMILES string of the molecule is CCCCCCCC(=O)C(CCCCCC[C]=O)C(Br)([C]=O)C(=O)CCCCCCC. The van der Waals surface area contributed by atoms with Crippen molar-refractivity contribution in [3.63, 3.8) is 0 Å². The van der Waals surface area contributed by atoms with Gasteiger partial charge in [0, 0.05) is 25.2 Å². The lowest BCUT2D eigenvalue weighted by Gasteiger charge is -2.28. The highest BCUT2D eigenvalue weighted by atomic mass is 79.9. The van der Waals surface area contributed by atoms with Crippen molar-refractivity contribution in [3.05, 3.63) is 0 Å². The number of rotatable bonds is 23. The summed E-state index contributed by atoms with van der Waals surface area (Å²) in [6, 6.07) is 0. The van der Waals surface area contributed by atoms with Gasteiger partial charge in [-0.3, -0.25) is 19.2 Å². The molecule has 2 radical (unpaired) electrons. The molecule has 0 aromatic carbocycles. The van der Waals surface area contributed by atoms with Gasteiger partial charge in [0.15, 0.2) is 16.4 Å². The summed E-state index contributed by atoms with van der Waals surface area (Å²) in [5.41, 5.74) is 0. The number of hydrogen-bond donors (Lipinski definition) is 0. The zero-order chi connectivity index (χ0) is 23.4. The van der Waals surface area contributed by atoms with Gasteiger partial charge in [-0.05, 0) is 25.7 Å². The van der Waals surface area contributed by atoms with Gasteiger partial charge in [0.25, 0.3) is 0 Å². The minimum Gasteiger partial charge on any atom is -0.299 e. The third-order valence-electron chi connectivity index (χ3n) is 5.98. The first kappa shape index (κ1) is 30.2. The van der Waals surface area contributed by atoms with Crippen molar-refractivity contribution < 1.29 is 19.2 Å². The molecule has 4 nitrogen and oxygen atoms in total. The zero-order valence-electron chi connectivity index (χ0n) is 19.8. The molecule has 5 heteroatoms. The minimum atomic E-state index is -1.52. The molecule has 0 bridgehead atoms. The summed E-state index contributed by atoms with van der Waals surface area (Å²) >= 11 is 3.38. The number of hydrogen-bond acceptors (Lipinski definition) is 4. The molecule has 0 saturated heterocycles. The fraction of sp³-hybridized carbons (Fsp3) is 0.846. The quantitative estimate of drug-likeness (QED) is 0.0850. The molecule has 0 aliphatic rings. The van der Waals surface area contributed by atoms with Crippen LogP contribution in [-0.2, 0) is 19.2 Å². The molecule has 0 aliphatic carbocycles. The standard InChI is InChI=1S/C26H43BrO4/c1-3-5-7-10-15-19-24(30)23(18-14-12-9-13-17-21-28)26(27,22-29)25(31)20-16-11-8-6-4-2/h23H,3-20H2,1-2H3. The molecule has 0 aliphatic heterocycles. The smallest absolute Gasteiger partial charge is 0.225 e. The van der Waals surface area contributed by atoms with Crippen LogP contribution >= 0.6 is 15.9 Å². The zero-order valence-corrected chi connectivity index (χ0v) is 21.4. The molecule has 0 heterocycles. The van der Waals surface area contributed by atoms with Crippen LogP contribution in [0.3, 0.4) is 0 Å².